The molecule has 0 spiro atoms. The Hall–Kier alpha value is -4.26. The second-order valence-corrected chi connectivity index (χ2v) is 13.8. The maximum atomic E-state index is 13.3. The average Bonchev–Trinajstić information content (AvgIpc) is 3.64. The summed E-state index contributed by atoms with van der Waals surface area (Å²) in [5, 5.41) is 10.7. The van der Waals surface area contributed by atoms with Crippen molar-refractivity contribution in [3.8, 4) is 11.1 Å². The second kappa shape index (κ2) is 12.5. The number of nitrogens with one attached hydrogen (secondary N) is 2. The molecule has 2 N–H and O–H groups in total. The Kier molecular flexibility index (Phi) is 8.62. The lowest BCUT2D eigenvalue weighted by molar-refractivity contribution is 0.0225. The van der Waals surface area contributed by atoms with Crippen LogP contribution >= 0.6 is 34.5 Å². The van der Waals surface area contributed by atoms with E-state index in [1.165, 1.54) is 17.4 Å². The van der Waals surface area contributed by atoms with E-state index in [0.29, 0.717) is 67.1 Å². The standard InChI is InChI=1S/C32H30Cl2N6O5S/c1-32(2,3)45-31(44)39-14-12-19-25(16-39)46-30(37-19)29(43)36-21-10-5-8-18(27(21)34)17-7-4-9-20(26(17)33)35-28(42)22-15-23-24(41)11-6-13-40(23)38-22/h4-5,7-10,15H,6,11-14,16H2,1-3H3,(H,35,42)(H,36,43). The van der Waals surface area contributed by atoms with Gasteiger partial charge in [0, 0.05) is 48.0 Å². The average molecular weight is 682 g/mol. The SMILES string of the molecule is CC(C)(C)OC(=O)N1CCc2nc(C(=O)Nc3cccc(-c4cccc(NC(=O)c5cc6n(n5)CCCC6=O)c4Cl)c3Cl)sc2C1. The number of ether oxygens (including phenoxy) is 1. The Morgan fingerprint density at radius 1 is 0.935 bits per heavy atom. The highest BCUT2D eigenvalue weighted by Crippen LogP contribution is 2.40. The maximum absolute atomic E-state index is 13.3. The highest BCUT2D eigenvalue weighted by Gasteiger charge is 2.29. The highest BCUT2D eigenvalue weighted by atomic mass is 35.5. The first-order valence-electron chi connectivity index (χ1n) is 14.7. The molecule has 2 aromatic carbocycles. The summed E-state index contributed by atoms with van der Waals surface area (Å²) < 4.78 is 7.05. The van der Waals surface area contributed by atoms with E-state index in [-0.39, 0.29) is 26.5 Å². The summed E-state index contributed by atoms with van der Waals surface area (Å²) in [6, 6.07) is 11.8. The molecule has 11 nitrogen and oxygen atoms in total. The van der Waals surface area contributed by atoms with Gasteiger partial charge in [-0.3, -0.25) is 19.1 Å². The fraction of sp³-hybridized carbons (Fsp3) is 0.312. The van der Waals surface area contributed by atoms with Gasteiger partial charge >= 0.3 is 6.09 Å². The van der Waals surface area contributed by atoms with Gasteiger partial charge in [-0.1, -0.05) is 47.5 Å². The Labute approximate surface area is 278 Å². The molecule has 2 aliphatic heterocycles. The molecular formula is C32H30Cl2N6O5S. The van der Waals surface area contributed by atoms with Crippen LogP contribution in [0.3, 0.4) is 0 Å². The number of aryl methyl sites for hydroxylation is 1. The second-order valence-electron chi connectivity index (χ2n) is 11.9. The van der Waals surface area contributed by atoms with E-state index < -0.39 is 23.5 Å². The topological polar surface area (TPSA) is 136 Å². The molecule has 14 heteroatoms. The molecule has 4 heterocycles. The Morgan fingerprint density at radius 3 is 2.22 bits per heavy atom. The quantitative estimate of drug-likeness (QED) is 0.230. The molecule has 2 aromatic heterocycles. The van der Waals surface area contributed by atoms with Gasteiger partial charge in [0.2, 0.25) is 0 Å². The zero-order valence-electron chi connectivity index (χ0n) is 25.3. The number of hydrogen-bond donors (Lipinski definition) is 2. The predicted molar refractivity (Wildman–Crippen MR) is 176 cm³/mol. The Bertz CT molecular complexity index is 1900. The van der Waals surface area contributed by atoms with Gasteiger partial charge in [0.1, 0.15) is 11.3 Å². The van der Waals surface area contributed by atoms with Crippen molar-refractivity contribution >= 4 is 69.6 Å². The first-order chi connectivity index (χ1) is 21.9. The number of benzene rings is 2. The minimum atomic E-state index is -0.605. The van der Waals surface area contributed by atoms with Crippen molar-refractivity contribution in [2.75, 3.05) is 17.2 Å². The summed E-state index contributed by atoms with van der Waals surface area (Å²) in [6.45, 7) is 6.79. The monoisotopic (exact) mass is 680 g/mol. The summed E-state index contributed by atoms with van der Waals surface area (Å²) in [4.78, 5) is 58.0. The van der Waals surface area contributed by atoms with Crippen molar-refractivity contribution in [2.45, 2.75) is 58.7 Å². The number of ketones is 1. The summed E-state index contributed by atoms with van der Waals surface area (Å²) in [7, 11) is 0. The van der Waals surface area contributed by atoms with Crippen LogP contribution in [0.2, 0.25) is 10.0 Å². The first kappa shape index (κ1) is 31.7. The van der Waals surface area contributed by atoms with Crippen LogP contribution < -0.4 is 10.6 Å². The number of hydrogen-bond acceptors (Lipinski definition) is 8. The molecule has 0 bridgehead atoms. The highest BCUT2D eigenvalue weighted by molar-refractivity contribution is 7.13. The summed E-state index contributed by atoms with van der Waals surface area (Å²) in [5.41, 5.74) is 2.47. The number of thiazole rings is 1. The van der Waals surface area contributed by atoms with Gasteiger partial charge in [0.05, 0.1) is 33.7 Å². The number of aromatic nitrogens is 3. The predicted octanol–water partition coefficient (Wildman–Crippen LogP) is 7.09. The van der Waals surface area contributed by atoms with Crippen LogP contribution in [0, 0.1) is 0 Å². The molecule has 6 rings (SSSR count). The van der Waals surface area contributed by atoms with Crippen molar-refractivity contribution in [3.63, 3.8) is 0 Å². The molecule has 0 atom stereocenters. The molecule has 0 unspecified atom stereocenters. The third kappa shape index (κ3) is 6.51. The van der Waals surface area contributed by atoms with Crippen LogP contribution in [0.1, 0.15) is 75.0 Å². The normalized spacial score (nSPS) is 14.4. The van der Waals surface area contributed by atoms with Gasteiger partial charge in [-0.15, -0.1) is 11.3 Å². The number of carbonyl (C=O) groups excluding carboxylic acids is 4. The molecule has 0 saturated heterocycles. The fourth-order valence-electron chi connectivity index (χ4n) is 5.25. The summed E-state index contributed by atoms with van der Waals surface area (Å²) >= 11 is 14.8. The molecule has 46 heavy (non-hydrogen) atoms. The molecule has 2 aliphatic rings. The molecule has 238 valence electrons. The number of amides is 3. The lowest BCUT2D eigenvalue weighted by Crippen LogP contribution is -2.39. The lowest BCUT2D eigenvalue weighted by atomic mass is 10.0. The molecule has 0 aliphatic carbocycles. The smallest absolute Gasteiger partial charge is 0.410 e. The van der Waals surface area contributed by atoms with Crippen LogP contribution in [0.4, 0.5) is 16.2 Å². The minimum Gasteiger partial charge on any atom is -0.444 e. The summed E-state index contributed by atoms with van der Waals surface area (Å²) in [5.74, 6) is -0.976. The van der Waals surface area contributed by atoms with Gasteiger partial charge < -0.3 is 20.3 Å². The molecule has 0 radical (unpaired) electrons. The molecule has 0 fully saturated rings. The van der Waals surface area contributed by atoms with Crippen molar-refractivity contribution in [3.05, 3.63) is 79.5 Å². The van der Waals surface area contributed by atoms with Crippen molar-refractivity contribution in [1.29, 1.82) is 0 Å². The van der Waals surface area contributed by atoms with Crippen LogP contribution in [0.15, 0.2) is 42.5 Å². The minimum absolute atomic E-state index is 0.0428. The van der Waals surface area contributed by atoms with Gasteiger partial charge in [-0.2, -0.15) is 5.10 Å². The maximum Gasteiger partial charge on any atom is 0.410 e. The number of halogens is 2. The zero-order chi connectivity index (χ0) is 32.7. The van der Waals surface area contributed by atoms with E-state index in [9.17, 15) is 19.2 Å². The van der Waals surface area contributed by atoms with E-state index >= 15 is 0 Å². The van der Waals surface area contributed by atoms with E-state index in [1.807, 2.05) is 20.8 Å². The molecule has 3 amide bonds. The Morgan fingerprint density at radius 2 is 1.59 bits per heavy atom. The fourth-order valence-corrected chi connectivity index (χ4v) is 6.82. The third-order valence-electron chi connectivity index (χ3n) is 7.43. The molecule has 0 saturated carbocycles. The number of rotatable bonds is 5. The Balaban J connectivity index is 1.18. The lowest BCUT2D eigenvalue weighted by Gasteiger charge is -2.29. The number of anilines is 2. The van der Waals surface area contributed by atoms with E-state index in [2.05, 4.69) is 20.7 Å². The van der Waals surface area contributed by atoms with Crippen molar-refractivity contribution in [2.24, 2.45) is 0 Å². The van der Waals surface area contributed by atoms with Gasteiger partial charge in [0.25, 0.3) is 11.8 Å². The number of fused-ring (bicyclic) bond motifs is 2. The summed E-state index contributed by atoms with van der Waals surface area (Å²) in [6.07, 6.45) is 1.23. The van der Waals surface area contributed by atoms with E-state index in [1.54, 1.807) is 46.0 Å². The van der Waals surface area contributed by atoms with Crippen LogP contribution in [0.25, 0.3) is 11.1 Å². The molecular weight excluding hydrogens is 651 g/mol. The van der Waals surface area contributed by atoms with Crippen LogP contribution in [-0.2, 0) is 24.2 Å². The van der Waals surface area contributed by atoms with E-state index in [4.69, 9.17) is 27.9 Å². The van der Waals surface area contributed by atoms with Crippen LogP contribution in [-0.4, -0.2) is 55.5 Å². The largest absolute Gasteiger partial charge is 0.444 e. The van der Waals surface area contributed by atoms with E-state index in [0.717, 1.165) is 10.6 Å². The number of Topliss-reactive ketones (excluding diaryl/α,β-unsaturated/α-hetero) is 1. The van der Waals surface area contributed by atoms with Crippen molar-refractivity contribution < 1.29 is 23.9 Å². The van der Waals surface area contributed by atoms with Gasteiger partial charge in [-0.05, 0) is 39.3 Å². The number of carbonyl (C=O) groups is 4. The van der Waals surface area contributed by atoms with Crippen molar-refractivity contribution in [1.82, 2.24) is 19.7 Å². The number of nitrogens with zero attached hydrogens (tertiary/aromatic N) is 4. The van der Waals surface area contributed by atoms with Crippen LogP contribution in [0.5, 0.6) is 0 Å². The first-order valence-corrected chi connectivity index (χ1v) is 16.2. The molecule has 4 aromatic rings. The van der Waals surface area contributed by atoms with Gasteiger partial charge in [0.15, 0.2) is 16.5 Å². The van der Waals surface area contributed by atoms with Gasteiger partial charge in [-0.25, -0.2) is 9.78 Å². The zero-order valence-corrected chi connectivity index (χ0v) is 27.6. The third-order valence-corrected chi connectivity index (χ3v) is 9.33.